The van der Waals surface area contributed by atoms with Crippen LogP contribution >= 0.6 is 0 Å². The molecule has 75 heavy (non-hydrogen) atoms. The van der Waals surface area contributed by atoms with Crippen LogP contribution in [0.4, 0.5) is 0 Å². The predicted molar refractivity (Wildman–Crippen MR) is 325 cm³/mol. The zero-order valence-corrected chi connectivity index (χ0v) is 47.7. The van der Waals surface area contributed by atoms with Crippen LogP contribution in [-0.2, 0) is 28.6 Å². The first-order valence-corrected chi connectivity index (χ1v) is 29.6. The number of allylic oxidation sites excluding steroid dienone is 28. The molecule has 0 amide bonds. The Kier molecular flexibility index (Phi) is 57.0. The molecule has 0 bridgehead atoms. The van der Waals surface area contributed by atoms with E-state index >= 15 is 0 Å². The summed E-state index contributed by atoms with van der Waals surface area (Å²) < 4.78 is 16.8. The summed E-state index contributed by atoms with van der Waals surface area (Å²) in [6.07, 6.45) is 90.7. The fourth-order valence-electron chi connectivity index (χ4n) is 7.37. The van der Waals surface area contributed by atoms with Gasteiger partial charge in [0.1, 0.15) is 13.2 Å². The Labute approximate surface area is 460 Å². The van der Waals surface area contributed by atoms with Crippen molar-refractivity contribution < 1.29 is 28.6 Å². The molecule has 6 nitrogen and oxygen atoms in total. The number of hydrogen-bond donors (Lipinski definition) is 0. The topological polar surface area (TPSA) is 78.9 Å². The first-order valence-electron chi connectivity index (χ1n) is 29.6. The van der Waals surface area contributed by atoms with Gasteiger partial charge in [0.2, 0.25) is 0 Å². The lowest BCUT2D eigenvalue weighted by Gasteiger charge is -2.18. The van der Waals surface area contributed by atoms with Gasteiger partial charge in [0, 0.05) is 19.3 Å². The van der Waals surface area contributed by atoms with Crippen molar-refractivity contribution in [3.63, 3.8) is 0 Å². The Balaban J connectivity index is 4.49. The zero-order chi connectivity index (χ0) is 54.3. The van der Waals surface area contributed by atoms with Gasteiger partial charge in [0.05, 0.1) is 0 Å². The first-order chi connectivity index (χ1) is 37.0. The lowest BCUT2D eigenvalue weighted by Crippen LogP contribution is -2.30. The van der Waals surface area contributed by atoms with Gasteiger partial charge in [-0.15, -0.1) is 0 Å². The second-order valence-electron chi connectivity index (χ2n) is 18.8. The molecule has 0 saturated heterocycles. The molecule has 0 N–H and O–H groups in total. The van der Waals surface area contributed by atoms with Crippen molar-refractivity contribution in [2.24, 2.45) is 0 Å². The molecular weight excluding hydrogens is 925 g/mol. The molecule has 0 fully saturated rings. The summed E-state index contributed by atoms with van der Waals surface area (Å²) in [6, 6.07) is 0. The monoisotopic (exact) mass is 1030 g/mol. The summed E-state index contributed by atoms with van der Waals surface area (Å²) in [7, 11) is 0. The second kappa shape index (κ2) is 61.3. The number of unbranched alkanes of at least 4 members (excludes halogenated alkanes) is 12. The molecule has 0 saturated carbocycles. The maximum absolute atomic E-state index is 12.9. The number of hydrogen-bond acceptors (Lipinski definition) is 6. The minimum atomic E-state index is -0.823. The fraction of sp³-hybridized carbons (Fsp3) is 0.551. The fourth-order valence-corrected chi connectivity index (χ4v) is 7.37. The molecule has 1 unspecified atom stereocenters. The maximum atomic E-state index is 12.9. The van der Waals surface area contributed by atoms with Gasteiger partial charge in [0.15, 0.2) is 6.10 Å². The van der Waals surface area contributed by atoms with E-state index in [0.29, 0.717) is 19.3 Å². The molecule has 0 aliphatic heterocycles. The molecule has 0 radical (unpaired) electrons. The van der Waals surface area contributed by atoms with Crippen LogP contribution < -0.4 is 0 Å². The molecule has 0 rings (SSSR count). The third-order valence-corrected chi connectivity index (χ3v) is 11.7. The Morgan fingerprint density at radius 3 is 0.787 bits per heavy atom. The van der Waals surface area contributed by atoms with Crippen LogP contribution in [-0.4, -0.2) is 37.2 Å². The summed E-state index contributed by atoms with van der Waals surface area (Å²) in [5.41, 5.74) is 0. The zero-order valence-electron chi connectivity index (χ0n) is 47.7. The van der Waals surface area contributed by atoms with Crippen molar-refractivity contribution in [3.05, 3.63) is 170 Å². The Bertz CT molecular complexity index is 1750. The molecule has 6 heteroatoms. The van der Waals surface area contributed by atoms with E-state index < -0.39 is 6.10 Å². The van der Waals surface area contributed by atoms with Crippen LogP contribution in [0, 0.1) is 0 Å². The smallest absolute Gasteiger partial charge is 0.306 e. The van der Waals surface area contributed by atoms with E-state index in [0.717, 1.165) is 161 Å². The van der Waals surface area contributed by atoms with Gasteiger partial charge in [-0.3, -0.25) is 14.4 Å². The van der Waals surface area contributed by atoms with Crippen molar-refractivity contribution in [3.8, 4) is 0 Å². The van der Waals surface area contributed by atoms with E-state index in [2.05, 4.69) is 191 Å². The lowest BCUT2D eigenvalue weighted by atomic mass is 10.1. The van der Waals surface area contributed by atoms with Crippen molar-refractivity contribution in [2.75, 3.05) is 13.2 Å². The van der Waals surface area contributed by atoms with E-state index in [4.69, 9.17) is 14.2 Å². The average Bonchev–Trinajstić information content (AvgIpc) is 3.41. The molecule has 0 spiro atoms. The van der Waals surface area contributed by atoms with Gasteiger partial charge >= 0.3 is 17.9 Å². The SMILES string of the molecule is CC/C=C\C/C=C\C/C=C\C/C=C\C/C=C\C/C=C\C/C=C\C/C=C\CCCCC(=O)OCC(COC(=O)CCCCC/C=C\C/C=C\C/C=C\CC)OC(=O)CCCCCCCCC/C=C\C/C=C\C/C=C\CC. The van der Waals surface area contributed by atoms with Crippen LogP contribution in [0.2, 0.25) is 0 Å². The average molecular weight is 1030 g/mol. The number of ether oxygens (including phenoxy) is 3. The molecular formula is C69H106O6. The Hall–Kier alpha value is -5.23. The highest BCUT2D eigenvalue weighted by Crippen LogP contribution is 2.13. The van der Waals surface area contributed by atoms with Crippen molar-refractivity contribution in [2.45, 2.75) is 232 Å². The van der Waals surface area contributed by atoms with Gasteiger partial charge < -0.3 is 14.2 Å². The minimum Gasteiger partial charge on any atom is -0.462 e. The normalized spacial score (nSPS) is 13.4. The molecule has 418 valence electrons. The summed E-state index contributed by atoms with van der Waals surface area (Å²) in [4.78, 5) is 38.2. The predicted octanol–water partition coefficient (Wildman–Crippen LogP) is 20.3. The number of rotatable bonds is 51. The third kappa shape index (κ3) is 59.5. The maximum Gasteiger partial charge on any atom is 0.306 e. The first kappa shape index (κ1) is 69.8. The molecule has 1 atom stereocenters. The molecule has 0 aliphatic carbocycles. The van der Waals surface area contributed by atoms with E-state index in [-0.39, 0.29) is 37.5 Å². The Morgan fingerprint density at radius 1 is 0.267 bits per heavy atom. The summed E-state index contributed by atoms with van der Waals surface area (Å²) in [6.45, 7) is 6.21. The highest BCUT2D eigenvalue weighted by molar-refractivity contribution is 5.71. The lowest BCUT2D eigenvalue weighted by molar-refractivity contribution is -0.167. The number of carbonyl (C=O) groups excluding carboxylic acids is 3. The van der Waals surface area contributed by atoms with Crippen LogP contribution in [0.5, 0.6) is 0 Å². The standard InChI is InChI=1S/C69H106O6/c1-4-7-10-13-16-19-22-25-27-29-30-31-32-33-34-35-36-37-38-40-41-44-47-50-53-56-59-62-68(71)74-65-66(64-73-67(70)61-58-55-52-49-46-43-24-21-18-15-12-9-6-3)75-69(72)63-60-57-54-51-48-45-42-39-28-26-23-20-17-14-11-8-5-2/h7-12,16-21,25-28,30-31,33-34,36-37,40-41,43,46-47,50,66H,4-6,13-15,22-24,29,32,35,38-39,42,44-45,48-49,51-65H2,1-3H3/b10-7-,11-8-,12-9-,19-16-,20-17-,21-18-,27-25-,28-26-,31-30-,34-33-,37-36-,41-40-,46-43-,50-47-. The van der Waals surface area contributed by atoms with Crippen LogP contribution in [0.3, 0.4) is 0 Å². The van der Waals surface area contributed by atoms with Gasteiger partial charge in [-0.1, -0.05) is 229 Å². The van der Waals surface area contributed by atoms with E-state index in [1.54, 1.807) is 0 Å². The minimum absolute atomic E-state index is 0.120. The largest absolute Gasteiger partial charge is 0.462 e. The molecule has 0 aliphatic rings. The van der Waals surface area contributed by atoms with Crippen molar-refractivity contribution in [1.82, 2.24) is 0 Å². The van der Waals surface area contributed by atoms with Gasteiger partial charge in [0.25, 0.3) is 0 Å². The van der Waals surface area contributed by atoms with Gasteiger partial charge in [-0.05, 0) is 148 Å². The quantitative estimate of drug-likeness (QED) is 0.0261. The van der Waals surface area contributed by atoms with Crippen LogP contribution in [0.15, 0.2) is 170 Å². The second-order valence-corrected chi connectivity index (χ2v) is 18.8. The number of esters is 3. The van der Waals surface area contributed by atoms with E-state index in [1.165, 1.54) is 19.3 Å². The molecule has 0 heterocycles. The van der Waals surface area contributed by atoms with Crippen LogP contribution in [0.1, 0.15) is 226 Å². The van der Waals surface area contributed by atoms with E-state index in [1.807, 2.05) is 0 Å². The van der Waals surface area contributed by atoms with Crippen molar-refractivity contribution in [1.29, 1.82) is 0 Å². The van der Waals surface area contributed by atoms with Gasteiger partial charge in [-0.2, -0.15) is 0 Å². The third-order valence-electron chi connectivity index (χ3n) is 11.7. The molecule has 0 aromatic heterocycles. The van der Waals surface area contributed by atoms with Gasteiger partial charge in [-0.25, -0.2) is 0 Å². The molecule has 0 aromatic carbocycles. The van der Waals surface area contributed by atoms with Crippen LogP contribution in [0.25, 0.3) is 0 Å². The highest BCUT2D eigenvalue weighted by Gasteiger charge is 2.19. The highest BCUT2D eigenvalue weighted by atomic mass is 16.6. The van der Waals surface area contributed by atoms with Crippen molar-refractivity contribution >= 4 is 17.9 Å². The Morgan fingerprint density at radius 2 is 0.480 bits per heavy atom. The summed E-state index contributed by atoms with van der Waals surface area (Å²) in [5, 5.41) is 0. The summed E-state index contributed by atoms with van der Waals surface area (Å²) >= 11 is 0. The number of carbonyl (C=O) groups is 3. The summed E-state index contributed by atoms with van der Waals surface area (Å²) in [5.74, 6) is -1.01. The van der Waals surface area contributed by atoms with E-state index in [9.17, 15) is 14.4 Å². The molecule has 0 aromatic rings.